The fourth-order valence-electron chi connectivity index (χ4n) is 2.14. The molecule has 0 fully saturated rings. The van der Waals surface area contributed by atoms with E-state index in [2.05, 4.69) is 10.1 Å². The number of hydrogen-bond donors (Lipinski definition) is 1. The average molecular weight is 341 g/mol. The third-order valence-electron chi connectivity index (χ3n) is 2.98. The van der Waals surface area contributed by atoms with Crippen molar-refractivity contribution in [3.8, 4) is 0 Å². The van der Waals surface area contributed by atoms with Gasteiger partial charge in [0.05, 0.1) is 23.7 Å². The second kappa shape index (κ2) is 6.46. The second-order valence-electron chi connectivity index (χ2n) is 5.94. The number of fused-ring (bicyclic) bond motifs is 1. The summed E-state index contributed by atoms with van der Waals surface area (Å²) in [6.07, 6.45) is -3.81. The molecule has 6 nitrogen and oxygen atoms in total. The largest absolute Gasteiger partial charge is 0.463 e. The molecule has 130 valence electrons. The van der Waals surface area contributed by atoms with Crippen LogP contribution in [0, 0.1) is 0 Å². The van der Waals surface area contributed by atoms with Gasteiger partial charge >= 0.3 is 12.1 Å². The van der Waals surface area contributed by atoms with Crippen molar-refractivity contribution in [2.75, 3.05) is 12.4 Å². The predicted octanol–water partition coefficient (Wildman–Crippen LogP) is 4.50. The van der Waals surface area contributed by atoms with Crippen LogP contribution in [0.15, 0.2) is 22.6 Å². The SMILES string of the molecule is COC(=O)c1oc2cccc(NC(=O)OC(C)(C)C)c2c1C(F)F. The zero-order chi connectivity index (χ0) is 18.1. The number of alkyl halides is 2. The van der Waals surface area contributed by atoms with Crippen LogP contribution in [0.5, 0.6) is 0 Å². The molecule has 0 aliphatic carbocycles. The van der Waals surface area contributed by atoms with E-state index in [1.807, 2.05) is 0 Å². The maximum Gasteiger partial charge on any atom is 0.412 e. The lowest BCUT2D eigenvalue weighted by atomic mass is 10.1. The highest BCUT2D eigenvalue weighted by Gasteiger charge is 2.29. The number of hydrogen-bond acceptors (Lipinski definition) is 5. The minimum absolute atomic E-state index is 0.0271. The molecule has 0 atom stereocenters. The third-order valence-corrected chi connectivity index (χ3v) is 2.98. The number of benzene rings is 1. The number of nitrogens with one attached hydrogen (secondary N) is 1. The number of rotatable bonds is 3. The molecule has 0 unspecified atom stereocenters. The van der Waals surface area contributed by atoms with Crippen molar-refractivity contribution in [2.45, 2.75) is 32.8 Å². The molecule has 2 aromatic rings. The third kappa shape index (κ3) is 3.64. The van der Waals surface area contributed by atoms with Crippen molar-refractivity contribution in [3.63, 3.8) is 0 Å². The summed E-state index contributed by atoms with van der Waals surface area (Å²) in [7, 11) is 1.06. The summed E-state index contributed by atoms with van der Waals surface area (Å²) in [6.45, 7) is 5.01. The molecule has 2 rings (SSSR count). The molecule has 0 saturated carbocycles. The standard InChI is InChI=1S/C16H17F2NO5/c1-16(2,3)24-15(21)19-8-6-5-7-9-10(8)11(13(17)18)12(23-9)14(20)22-4/h5-7,13H,1-4H3,(H,19,21). The van der Waals surface area contributed by atoms with Crippen molar-refractivity contribution >= 4 is 28.7 Å². The molecule has 0 aliphatic rings. The molecular formula is C16H17F2NO5. The Morgan fingerprint density at radius 3 is 2.46 bits per heavy atom. The van der Waals surface area contributed by atoms with Gasteiger partial charge in [0.1, 0.15) is 11.2 Å². The summed E-state index contributed by atoms with van der Waals surface area (Å²) in [4.78, 5) is 23.6. The molecule has 1 N–H and O–H groups in total. The van der Waals surface area contributed by atoms with Crippen LogP contribution >= 0.6 is 0 Å². The minimum atomic E-state index is -3.00. The number of anilines is 1. The molecule has 0 spiro atoms. The highest BCUT2D eigenvalue weighted by atomic mass is 19.3. The van der Waals surface area contributed by atoms with Crippen molar-refractivity contribution in [3.05, 3.63) is 29.5 Å². The van der Waals surface area contributed by atoms with Crippen LogP contribution in [0.4, 0.5) is 19.3 Å². The van der Waals surface area contributed by atoms with Gasteiger partial charge in [0.15, 0.2) is 0 Å². The molecule has 1 aromatic heterocycles. The molecule has 0 radical (unpaired) electrons. The monoisotopic (exact) mass is 341 g/mol. The summed E-state index contributed by atoms with van der Waals surface area (Å²) in [5.74, 6) is -1.62. The average Bonchev–Trinajstić information content (AvgIpc) is 2.85. The Labute approximate surface area is 136 Å². The first kappa shape index (κ1) is 17.7. The zero-order valence-corrected chi connectivity index (χ0v) is 13.6. The van der Waals surface area contributed by atoms with Crippen LogP contribution in [0.2, 0.25) is 0 Å². The summed E-state index contributed by atoms with van der Waals surface area (Å²) in [6, 6.07) is 4.32. The molecule has 0 aliphatic heterocycles. The maximum absolute atomic E-state index is 13.5. The van der Waals surface area contributed by atoms with Crippen LogP contribution in [-0.4, -0.2) is 24.8 Å². The lowest BCUT2D eigenvalue weighted by molar-refractivity contribution is 0.0552. The summed E-state index contributed by atoms with van der Waals surface area (Å²) in [5.41, 5.74) is -1.31. The van der Waals surface area contributed by atoms with E-state index in [0.29, 0.717) is 0 Å². The van der Waals surface area contributed by atoms with Crippen molar-refractivity contribution in [2.24, 2.45) is 0 Å². The van der Waals surface area contributed by atoms with E-state index in [4.69, 9.17) is 9.15 Å². The molecule has 1 aromatic carbocycles. The van der Waals surface area contributed by atoms with Crippen LogP contribution in [0.3, 0.4) is 0 Å². The Kier molecular flexibility index (Phi) is 4.77. The second-order valence-corrected chi connectivity index (χ2v) is 5.94. The van der Waals surface area contributed by atoms with E-state index >= 15 is 0 Å². The van der Waals surface area contributed by atoms with Crippen LogP contribution in [0.1, 0.15) is 43.3 Å². The number of methoxy groups -OCH3 is 1. The van der Waals surface area contributed by atoms with Gasteiger partial charge in [-0.25, -0.2) is 18.4 Å². The van der Waals surface area contributed by atoms with Gasteiger partial charge in [0.25, 0.3) is 6.43 Å². The minimum Gasteiger partial charge on any atom is -0.463 e. The number of ether oxygens (including phenoxy) is 2. The van der Waals surface area contributed by atoms with Crippen molar-refractivity contribution < 1.29 is 32.3 Å². The van der Waals surface area contributed by atoms with E-state index < -0.39 is 35.4 Å². The summed E-state index contributed by atoms with van der Waals surface area (Å²) < 4.78 is 41.7. The van der Waals surface area contributed by atoms with Crippen LogP contribution < -0.4 is 5.32 Å². The van der Waals surface area contributed by atoms with E-state index in [1.165, 1.54) is 18.2 Å². The maximum atomic E-state index is 13.5. The number of carbonyl (C=O) groups excluding carboxylic acids is 2. The Hall–Kier alpha value is -2.64. The lowest BCUT2D eigenvalue weighted by Gasteiger charge is -2.20. The fraction of sp³-hybridized carbons (Fsp3) is 0.375. The van der Waals surface area contributed by atoms with E-state index in [1.54, 1.807) is 20.8 Å². The Morgan fingerprint density at radius 2 is 1.92 bits per heavy atom. The van der Waals surface area contributed by atoms with Gasteiger partial charge in [0.2, 0.25) is 5.76 Å². The van der Waals surface area contributed by atoms with Gasteiger partial charge in [-0.15, -0.1) is 0 Å². The van der Waals surface area contributed by atoms with E-state index in [0.717, 1.165) is 7.11 Å². The normalized spacial score (nSPS) is 11.6. The fourth-order valence-corrected chi connectivity index (χ4v) is 2.14. The Balaban J connectivity index is 2.54. The number of furan rings is 1. The van der Waals surface area contributed by atoms with Crippen LogP contribution in [0.25, 0.3) is 11.0 Å². The molecule has 0 saturated heterocycles. The summed E-state index contributed by atoms with van der Waals surface area (Å²) in [5, 5.41) is 2.33. The topological polar surface area (TPSA) is 77.8 Å². The van der Waals surface area contributed by atoms with E-state index in [-0.39, 0.29) is 16.7 Å². The molecule has 1 heterocycles. The highest BCUT2D eigenvalue weighted by Crippen LogP contribution is 2.38. The molecular weight excluding hydrogens is 324 g/mol. The Morgan fingerprint density at radius 1 is 1.25 bits per heavy atom. The molecule has 0 bridgehead atoms. The number of halogens is 2. The Bertz CT molecular complexity index is 777. The van der Waals surface area contributed by atoms with Crippen molar-refractivity contribution in [1.29, 1.82) is 0 Å². The quantitative estimate of drug-likeness (QED) is 0.832. The lowest BCUT2D eigenvalue weighted by Crippen LogP contribution is -2.27. The molecule has 1 amide bonds. The first-order chi connectivity index (χ1) is 11.1. The summed E-state index contributed by atoms with van der Waals surface area (Å²) >= 11 is 0. The number of esters is 1. The van der Waals surface area contributed by atoms with Gasteiger partial charge in [-0.1, -0.05) is 6.07 Å². The smallest absolute Gasteiger partial charge is 0.412 e. The molecule has 8 heteroatoms. The first-order valence-corrected chi connectivity index (χ1v) is 7.06. The first-order valence-electron chi connectivity index (χ1n) is 7.06. The van der Waals surface area contributed by atoms with Gasteiger partial charge in [0, 0.05) is 0 Å². The predicted molar refractivity (Wildman–Crippen MR) is 82.4 cm³/mol. The van der Waals surface area contributed by atoms with Gasteiger partial charge in [-0.2, -0.15) is 0 Å². The van der Waals surface area contributed by atoms with Gasteiger partial charge in [-0.3, -0.25) is 5.32 Å². The highest BCUT2D eigenvalue weighted by molar-refractivity contribution is 6.04. The van der Waals surface area contributed by atoms with Crippen molar-refractivity contribution in [1.82, 2.24) is 0 Å². The van der Waals surface area contributed by atoms with Gasteiger partial charge < -0.3 is 13.9 Å². The molecule has 24 heavy (non-hydrogen) atoms. The van der Waals surface area contributed by atoms with Gasteiger partial charge in [-0.05, 0) is 32.9 Å². The zero-order valence-electron chi connectivity index (χ0n) is 13.6. The van der Waals surface area contributed by atoms with Crippen LogP contribution in [-0.2, 0) is 9.47 Å². The van der Waals surface area contributed by atoms with E-state index in [9.17, 15) is 18.4 Å². The number of carbonyl (C=O) groups is 2. The number of amides is 1.